The summed E-state index contributed by atoms with van der Waals surface area (Å²) in [5, 5.41) is 3.25. The number of rotatable bonds is 1. The van der Waals surface area contributed by atoms with Crippen LogP contribution in [0.5, 0.6) is 0 Å². The van der Waals surface area contributed by atoms with Crippen molar-refractivity contribution in [1.82, 2.24) is 4.90 Å². The van der Waals surface area contributed by atoms with Crippen molar-refractivity contribution < 1.29 is 4.39 Å². The first kappa shape index (κ1) is 9.46. The summed E-state index contributed by atoms with van der Waals surface area (Å²) >= 11 is 0. The van der Waals surface area contributed by atoms with E-state index in [4.69, 9.17) is 0 Å². The number of likely N-dealkylation sites (N-methyl/N-ethyl adjacent to an activating group) is 1. The molecule has 0 saturated heterocycles. The summed E-state index contributed by atoms with van der Waals surface area (Å²) < 4.78 is 13.4. The third kappa shape index (κ3) is 1.60. The maximum absolute atomic E-state index is 13.4. The molecular weight excluding hydrogens is 179 g/mol. The van der Waals surface area contributed by atoms with Crippen LogP contribution >= 0.6 is 0 Å². The molecule has 0 fully saturated rings. The number of benzene rings is 1. The van der Waals surface area contributed by atoms with Crippen molar-refractivity contribution in [2.75, 3.05) is 26.0 Å². The topological polar surface area (TPSA) is 15.3 Å². The first-order valence-electron chi connectivity index (χ1n) is 4.86. The first-order valence-corrected chi connectivity index (χ1v) is 4.86. The van der Waals surface area contributed by atoms with Crippen LogP contribution in [0.3, 0.4) is 0 Å². The molecule has 1 aliphatic heterocycles. The van der Waals surface area contributed by atoms with E-state index in [1.54, 1.807) is 6.07 Å². The van der Waals surface area contributed by atoms with Crippen LogP contribution in [0, 0.1) is 5.82 Å². The van der Waals surface area contributed by atoms with Gasteiger partial charge in [-0.25, -0.2) is 4.39 Å². The van der Waals surface area contributed by atoms with Crippen LogP contribution in [0.25, 0.3) is 0 Å². The SMILES string of the molecule is CN(C)C1CNc2cccc(F)c2C1. The van der Waals surface area contributed by atoms with E-state index in [0.717, 1.165) is 24.2 Å². The van der Waals surface area contributed by atoms with Crippen molar-refractivity contribution in [3.05, 3.63) is 29.6 Å². The first-order chi connectivity index (χ1) is 6.68. The van der Waals surface area contributed by atoms with Crippen LogP contribution in [0.15, 0.2) is 18.2 Å². The second-order valence-electron chi connectivity index (χ2n) is 3.97. The Morgan fingerprint density at radius 2 is 2.21 bits per heavy atom. The van der Waals surface area contributed by atoms with E-state index in [0.29, 0.717) is 6.04 Å². The van der Waals surface area contributed by atoms with Gasteiger partial charge in [0.05, 0.1) is 0 Å². The fourth-order valence-electron chi connectivity index (χ4n) is 1.83. The third-order valence-corrected chi connectivity index (χ3v) is 2.82. The average Bonchev–Trinajstić information content (AvgIpc) is 2.18. The van der Waals surface area contributed by atoms with Crippen LogP contribution in [0.1, 0.15) is 5.56 Å². The third-order valence-electron chi connectivity index (χ3n) is 2.82. The van der Waals surface area contributed by atoms with E-state index in [2.05, 4.69) is 10.2 Å². The maximum atomic E-state index is 13.4. The van der Waals surface area contributed by atoms with Crippen LogP contribution in [0.2, 0.25) is 0 Å². The molecule has 3 heteroatoms. The van der Waals surface area contributed by atoms with Crippen molar-refractivity contribution in [1.29, 1.82) is 0 Å². The Kier molecular flexibility index (Phi) is 2.42. The van der Waals surface area contributed by atoms with Crippen molar-refractivity contribution in [3.63, 3.8) is 0 Å². The van der Waals surface area contributed by atoms with Gasteiger partial charge in [-0.3, -0.25) is 0 Å². The second-order valence-corrected chi connectivity index (χ2v) is 3.97. The molecule has 1 unspecified atom stereocenters. The highest BCUT2D eigenvalue weighted by molar-refractivity contribution is 5.54. The van der Waals surface area contributed by atoms with E-state index >= 15 is 0 Å². The summed E-state index contributed by atoms with van der Waals surface area (Å²) in [5.41, 5.74) is 1.76. The lowest BCUT2D eigenvalue weighted by Crippen LogP contribution is -2.39. The van der Waals surface area contributed by atoms with Gasteiger partial charge in [0.2, 0.25) is 0 Å². The molecule has 2 rings (SSSR count). The number of hydrogen-bond acceptors (Lipinski definition) is 2. The molecule has 1 N–H and O–H groups in total. The Bertz CT molecular complexity index is 336. The molecule has 1 aromatic rings. The van der Waals surface area contributed by atoms with Gasteiger partial charge < -0.3 is 10.2 Å². The highest BCUT2D eigenvalue weighted by atomic mass is 19.1. The minimum Gasteiger partial charge on any atom is -0.383 e. The van der Waals surface area contributed by atoms with Crippen molar-refractivity contribution in [2.24, 2.45) is 0 Å². The normalized spacial score (nSPS) is 20.4. The lowest BCUT2D eigenvalue weighted by atomic mass is 9.98. The van der Waals surface area contributed by atoms with Crippen LogP contribution in [-0.2, 0) is 6.42 Å². The summed E-state index contributed by atoms with van der Waals surface area (Å²) in [6, 6.07) is 5.60. The predicted octanol–water partition coefficient (Wildman–Crippen LogP) is 1.72. The number of nitrogens with one attached hydrogen (secondary N) is 1. The van der Waals surface area contributed by atoms with Gasteiger partial charge in [-0.1, -0.05) is 6.07 Å². The fraction of sp³-hybridized carbons (Fsp3) is 0.455. The van der Waals surface area contributed by atoms with Crippen LogP contribution in [0.4, 0.5) is 10.1 Å². The molecule has 0 amide bonds. The molecule has 1 aliphatic rings. The highest BCUT2D eigenvalue weighted by Gasteiger charge is 2.21. The number of fused-ring (bicyclic) bond motifs is 1. The number of nitrogens with zero attached hydrogens (tertiary/aromatic N) is 1. The number of anilines is 1. The van der Waals surface area contributed by atoms with Gasteiger partial charge in [0.1, 0.15) is 5.82 Å². The van der Waals surface area contributed by atoms with Gasteiger partial charge in [0.25, 0.3) is 0 Å². The average molecular weight is 194 g/mol. The zero-order chi connectivity index (χ0) is 10.1. The minimum absolute atomic E-state index is 0.0958. The van der Waals surface area contributed by atoms with Gasteiger partial charge >= 0.3 is 0 Å². The predicted molar refractivity (Wildman–Crippen MR) is 56.1 cm³/mol. The summed E-state index contributed by atoms with van der Waals surface area (Å²) in [4.78, 5) is 2.13. The lowest BCUT2D eigenvalue weighted by Gasteiger charge is -2.30. The van der Waals surface area contributed by atoms with E-state index in [-0.39, 0.29) is 5.82 Å². The summed E-state index contributed by atoms with van der Waals surface area (Å²) in [7, 11) is 4.05. The maximum Gasteiger partial charge on any atom is 0.128 e. The molecule has 1 aromatic carbocycles. The quantitative estimate of drug-likeness (QED) is 0.732. The van der Waals surface area contributed by atoms with Crippen molar-refractivity contribution in [3.8, 4) is 0 Å². The van der Waals surface area contributed by atoms with E-state index < -0.39 is 0 Å². The van der Waals surface area contributed by atoms with Gasteiger partial charge in [-0.2, -0.15) is 0 Å². The Labute approximate surface area is 83.7 Å². The van der Waals surface area contributed by atoms with Crippen molar-refractivity contribution >= 4 is 5.69 Å². The monoisotopic (exact) mass is 194 g/mol. The van der Waals surface area contributed by atoms with Crippen molar-refractivity contribution in [2.45, 2.75) is 12.5 Å². The zero-order valence-electron chi connectivity index (χ0n) is 8.55. The largest absolute Gasteiger partial charge is 0.383 e. The molecular formula is C11H15FN2. The summed E-state index contributed by atoms with van der Waals surface area (Å²) in [6.07, 6.45) is 0.794. The Morgan fingerprint density at radius 1 is 1.43 bits per heavy atom. The summed E-state index contributed by atoms with van der Waals surface area (Å²) in [6.45, 7) is 0.892. The molecule has 0 aliphatic carbocycles. The molecule has 0 saturated carbocycles. The number of halogens is 1. The molecule has 0 spiro atoms. The lowest BCUT2D eigenvalue weighted by molar-refractivity contribution is 0.296. The molecule has 76 valence electrons. The molecule has 0 bridgehead atoms. The molecule has 1 heterocycles. The minimum atomic E-state index is -0.0958. The molecule has 2 nitrogen and oxygen atoms in total. The number of hydrogen-bond donors (Lipinski definition) is 1. The zero-order valence-corrected chi connectivity index (χ0v) is 8.55. The Balaban J connectivity index is 2.29. The molecule has 14 heavy (non-hydrogen) atoms. The Hall–Kier alpha value is -1.09. The molecule has 0 aromatic heterocycles. The molecule has 0 radical (unpaired) electrons. The fourth-order valence-corrected chi connectivity index (χ4v) is 1.83. The second kappa shape index (κ2) is 3.58. The van der Waals surface area contributed by atoms with Gasteiger partial charge in [-0.05, 0) is 32.6 Å². The molecule has 1 atom stereocenters. The van der Waals surface area contributed by atoms with Crippen LogP contribution < -0.4 is 5.32 Å². The summed E-state index contributed by atoms with van der Waals surface area (Å²) in [5.74, 6) is -0.0958. The standard InChI is InChI=1S/C11H15FN2/c1-14(2)8-6-9-10(12)4-3-5-11(9)13-7-8/h3-5,8,13H,6-7H2,1-2H3. The smallest absolute Gasteiger partial charge is 0.128 e. The van der Waals surface area contributed by atoms with E-state index in [1.807, 2.05) is 20.2 Å². The van der Waals surface area contributed by atoms with E-state index in [1.165, 1.54) is 6.07 Å². The Morgan fingerprint density at radius 3 is 2.93 bits per heavy atom. The van der Waals surface area contributed by atoms with E-state index in [9.17, 15) is 4.39 Å². The van der Waals surface area contributed by atoms with Gasteiger partial charge in [-0.15, -0.1) is 0 Å². The van der Waals surface area contributed by atoms with Crippen LogP contribution in [-0.4, -0.2) is 31.6 Å². The van der Waals surface area contributed by atoms with Gasteiger partial charge in [0.15, 0.2) is 0 Å². The highest BCUT2D eigenvalue weighted by Crippen LogP contribution is 2.25. The van der Waals surface area contributed by atoms with Gasteiger partial charge in [0, 0.05) is 23.8 Å².